The van der Waals surface area contributed by atoms with Gasteiger partial charge in [-0.2, -0.15) is 5.26 Å². The maximum absolute atomic E-state index is 12.1. The Kier molecular flexibility index (Phi) is 4.30. The first-order chi connectivity index (χ1) is 9.74. The predicted octanol–water partition coefficient (Wildman–Crippen LogP) is 2.60. The van der Waals surface area contributed by atoms with Gasteiger partial charge in [-0.1, -0.05) is 12.1 Å². The fraction of sp³-hybridized carbons (Fsp3) is 0.133. The average Bonchev–Trinajstić information content (AvgIpc) is 2.49. The van der Waals surface area contributed by atoms with E-state index in [1.54, 1.807) is 18.2 Å². The molecule has 0 saturated heterocycles. The van der Waals surface area contributed by atoms with E-state index in [2.05, 4.69) is 10.3 Å². The lowest BCUT2D eigenvalue weighted by atomic mass is 10.2. The average molecular weight is 267 g/mol. The number of carbonyl (C=O) groups is 1. The summed E-state index contributed by atoms with van der Waals surface area (Å²) < 4.78 is 5.44. The summed E-state index contributed by atoms with van der Waals surface area (Å²) in [5.74, 6) is 0.319. The van der Waals surface area contributed by atoms with Gasteiger partial charge in [0.05, 0.1) is 17.9 Å². The van der Waals surface area contributed by atoms with Crippen LogP contribution in [0.5, 0.6) is 5.75 Å². The van der Waals surface area contributed by atoms with Crippen molar-refractivity contribution in [3.8, 4) is 11.8 Å². The maximum Gasteiger partial charge on any atom is 0.257 e. The van der Waals surface area contributed by atoms with E-state index in [4.69, 9.17) is 10.00 Å². The van der Waals surface area contributed by atoms with E-state index < -0.39 is 0 Å². The van der Waals surface area contributed by atoms with Crippen molar-refractivity contribution in [3.05, 3.63) is 53.9 Å². The summed E-state index contributed by atoms with van der Waals surface area (Å²) in [7, 11) is 0. The number of nitriles is 1. The van der Waals surface area contributed by atoms with Crippen LogP contribution >= 0.6 is 0 Å². The number of amides is 1. The molecule has 20 heavy (non-hydrogen) atoms. The monoisotopic (exact) mass is 267 g/mol. The Labute approximate surface area is 116 Å². The number of anilines is 1. The van der Waals surface area contributed by atoms with Gasteiger partial charge in [-0.3, -0.25) is 4.79 Å². The van der Waals surface area contributed by atoms with Gasteiger partial charge in [0.1, 0.15) is 17.5 Å². The Bertz CT molecular complexity index is 645. The number of para-hydroxylation sites is 2. The molecule has 0 aliphatic heterocycles. The van der Waals surface area contributed by atoms with E-state index in [-0.39, 0.29) is 11.6 Å². The molecule has 0 unspecified atom stereocenters. The molecule has 1 N–H and O–H groups in total. The molecule has 1 aromatic heterocycles. The van der Waals surface area contributed by atoms with Crippen LogP contribution < -0.4 is 10.1 Å². The van der Waals surface area contributed by atoms with Crippen LogP contribution in [0.3, 0.4) is 0 Å². The third kappa shape index (κ3) is 3.12. The van der Waals surface area contributed by atoms with Crippen LogP contribution in [0, 0.1) is 11.3 Å². The fourth-order valence-electron chi connectivity index (χ4n) is 1.64. The first kappa shape index (κ1) is 13.6. The van der Waals surface area contributed by atoms with Gasteiger partial charge in [-0.05, 0) is 31.2 Å². The van der Waals surface area contributed by atoms with Crippen molar-refractivity contribution in [3.63, 3.8) is 0 Å². The maximum atomic E-state index is 12.1. The second kappa shape index (κ2) is 6.34. The molecular weight excluding hydrogens is 254 g/mol. The van der Waals surface area contributed by atoms with Crippen LogP contribution in [-0.4, -0.2) is 17.5 Å². The molecule has 0 spiro atoms. The van der Waals surface area contributed by atoms with Gasteiger partial charge in [0.2, 0.25) is 0 Å². The van der Waals surface area contributed by atoms with Crippen LogP contribution in [0.1, 0.15) is 23.0 Å². The topological polar surface area (TPSA) is 75.0 Å². The molecule has 100 valence electrons. The molecular formula is C15H13N3O2. The van der Waals surface area contributed by atoms with E-state index in [9.17, 15) is 4.79 Å². The summed E-state index contributed by atoms with van der Waals surface area (Å²) in [5, 5.41) is 11.4. The lowest BCUT2D eigenvalue weighted by molar-refractivity contribution is 0.102. The minimum atomic E-state index is -0.297. The van der Waals surface area contributed by atoms with Gasteiger partial charge >= 0.3 is 0 Å². The molecule has 0 aliphatic carbocycles. The van der Waals surface area contributed by atoms with Gasteiger partial charge < -0.3 is 10.1 Å². The van der Waals surface area contributed by atoms with Crippen molar-refractivity contribution >= 4 is 11.6 Å². The Balaban J connectivity index is 2.17. The predicted molar refractivity (Wildman–Crippen MR) is 74.5 cm³/mol. The molecule has 5 nitrogen and oxygen atoms in total. The normalized spacial score (nSPS) is 9.60. The van der Waals surface area contributed by atoms with E-state index in [0.717, 1.165) is 0 Å². The number of carbonyl (C=O) groups excluding carboxylic acids is 1. The van der Waals surface area contributed by atoms with Crippen LogP contribution in [0.15, 0.2) is 42.6 Å². The lowest BCUT2D eigenvalue weighted by Gasteiger charge is -2.11. The molecule has 0 fully saturated rings. The van der Waals surface area contributed by atoms with Crippen molar-refractivity contribution in [2.75, 3.05) is 11.9 Å². The summed E-state index contributed by atoms with van der Waals surface area (Å²) in [5.41, 5.74) is 1.26. The van der Waals surface area contributed by atoms with Crippen molar-refractivity contribution in [1.29, 1.82) is 5.26 Å². The van der Waals surface area contributed by atoms with Crippen molar-refractivity contribution in [2.45, 2.75) is 6.92 Å². The number of benzene rings is 1. The highest BCUT2D eigenvalue weighted by atomic mass is 16.5. The summed E-state index contributed by atoms with van der Waals surface area (Å²) >= 11 is 0. The largest absolute Gasteiger partial charge is 0.492 e. The van der Waals surface area contributed by atoms with E-state index in [1.165, 1.54) is 12.3 Å². The van der Waals surface area contributed by atoms with Gasteiger partial charge in [0.15, 0.2) is 0 Å². The third-order valence-corrected chi connectivity index (χ3v) is 2.58. The Morgan fingerprint density at radius 3 is 2.80 bits per heavy atom. The smallest absolute Gasteiger partial charge is 0.257 e. The number of aromatic nitrogens is 1. The quantitative estimate of drug-likeness (QED) is 0.923. The summed E-state index contributed by atoms with van der Waals surface area (Å²) in [6.45, 7) is 2.40. The van der Waals surface area contributed by atoms with Gasteiger partial charge in [-0.25, -0.2) is 4.98 Å². The van der Waals surface area contributed by atoms with E-state index in [0.29, 0.717) is 23.6 Å². The molecule has 1 amide bonds. The first-order valence-corrected chi connectivity index (χ1v) is 6.14. The number of ether oxygens (including phenoxy) is 1. The van der Waals surface area contributed by atoms with Gasteiger partial charge in [0, 0.05) is 6.20 Å². The van der Waals surface area contributed by atoms with Crippen molar-refractivity contribution < 1.29 is 9.53 Å². The summed E-state index contributed by atoms with van der Waals surface area (Å²) in [6.07, 6.45) is 1.37. The second-order valence-corrected chi connectivity index (χ2v) is 3.93. The van der Waals surface area contributed by atoms with Gasteiger partial charge in [0.25, 0.3) is 5.91 Å². The van der Waals surface area contributed by atoms with Crippen LogP contribution in [0.25, 0.3) is 0 Å². The third-order valence-electron chi connectivity index (χ3n) is 2.58. The first-order valence-electron chi connectivity index (χ1n) is 6.14. The molecule has 0 aliphatic rings. The molecule has 1 aromatic carbocycles. The zero-order valence-electron chi connectivity index (χ0n) is 11.0. The highest BCUT2D eigenvalue weighted by molar-refractivity contribution is 6.04. The SMILES string of the molecule is CCOc1ccccc1NC(=O)c1ccc(C#N)nc1. The molecule has 0 atom stereocenters. The highest BCUT2D eigenvalue weighted by Gasteiger charge is 2.09. The zero-order chi connectivity index (χ0) is 14.4. The zero-order valence-corrected chi connectivity index (χ0v) is 11.0. The fourth-order valence-corrected chi connectivity index (χ4v) is 1.64. The molecule has 5 heteroatoms. The van der Waals surface area contributed by atoms with E-state index >= 15 is 0 Å². The molecule has 2 aromatic rings. The number of hydrogen-bond donors (Lipinski definition) is 1. The second-order valence-electron chi connectivity index (χ2n) is 3.93. The number of nitrogens with zero attached hydrogens (tertiary/aromatic N) is 2. The highest BCUT2D eigenvalue weighted by Crippen LogP contribution is 2.24. The minimum absolute atomic E-state index is 0.274. The number of nitrogens with one attached hydrogen (secondary N) is 1. The standard InChI is InChI=1S/C15H13N3O2/c1-2-20-14-6-4-3-5-13(14)18-15(19)11-7-8-12(9-16)17-10-11/h3-8,10H,2H2,1H3,(H,18,19). The van der Waals surface area contributed by atoms with Gasteiger partial charge in [-0.15, -0.1) is 0 Å². The molecule has 0 saturated carbocycles. The minimum Gasteiger partial charge on any atom is -0.492 e. The summed E-state index contributed by atoms with van der Waals surface area (Å²) in [4.78, 5) is 15.9. The Morgan fingerprint density at radius 2 is 2.15 bits per heavy atom. The van der Waals surface area contributed by atoms with Crippen LogP contribution in [0.2, 0.25) is 0 Å². The number of hydrogen-bond acceptors (Lipinski definition) is 4. The van der Waals surface area contributed by atoms with E-state index in [1.807, 2.05) is 25.1 Å². The number of pyridine rings is 1. The molecule has 2 rings (SSSR count). The molecule has 0 radical (unpaired) electrons. The summed E-state index contributed by atoms with van der Waals surface area (Å²) in [6, 6.07) is 12.2. The molecule has 0 bridgehead atoms. The van der Waals surface area contributed by atoms with Crippen molar-refractivity contribution in [2.24, 2.45) is 0 Å². The van der Waals surface area contributed by atoms with Crippen LogP contribution in [-0.2, 0) is 0 Å². The Morgan fingerprint density at radius 1 is 1.35 bits per heavy atom. The lowest BCUT2D eigenvalue weighted by Crippen LogP contribution is -2.13. The number of rotatable bonds is 4. The molecule has 1 heterocycles. The Hall–Kier alpha value is -2.87. The van der Waals surface area contributed by atoms with Crippen LogP contribution in [0.4, 0.5) is 5.69 Å². The van der Waals surface area contributed by atoms with Crippen molar-refractivity contribution in [1.82, 2.24) is 4.98 Å².